The van der Waals surface area contributed by atoms with Gasteiger partial charge in [0, 0.05) is 7.05 Å². The van der Waals surface area contributed by atoms with Gasteiger partial charge >= 0.3 is 12.1 Å². The van der Waals surface area contributed by atoms with Gasteiger partial charge in [0.15, 0.2) is 0 Å². The summed E-state index contributed by atoms with van der Waals surface area (Å²) in [4.78, 5) is 24.8. The van der Waals surface area contributed by atoms with Gasteiger partial charge in [-0.3, -0.25) is 4.90 Å². The third-order valence-corrected chi connectivity index (χ3v) is 3.63. The molecule has 0 aliphatic heterocycles. The minimum Gasteiger partial charge on any atom is -0.464 e. The van der Waals surface area contributed by atoms with E-state index < -0.39 is 12.1 Å². The van der Waals surface area contributed by atoms with Crippen LogP contribution < -0.4 is 0 Å². The Labute approximate surface area is 135 Å². The average molecular weight is 315 g/mol. The van der Waals surface area contributed by atoms with E-state index in [4.69, 9.17) is 9.47 Å². The summed E-state index contributed by atoms with van der Waals surface area (Å²) in [7, 11) is 1.55. The van der Waals surface area contributed by atoms with Gasteiger partial charge in [-0.05, 0) is 19.8 Å². The smallest absolute Gasteiger partial charge is 0.410 e. The Bertz CT molecular complexity index is 307. The number of ether oxygens (including phenoxy) is 2. The monoisotopic (exact) mass is 315 g/mol. The summed E-state index contributed by atoms with van der Waals surface area (Å²) in [6.45, 7) is 6.57. The average Bonchev–Trinajstić information content (AvgIpc) is 2.53. The molecule has 1 unspecified atom stereocenters. The second-order valence-electron chi connectivity index (χ2n) is 5.69. The Morgan fingerprint density at radius 2 is 1.45 bits per heavy atom. The van der Waals surface area contributed by atoms with Crippen molar-refractivity contribution in [3.8, 4) is 0 Å². The molecule has 0 aromatic carbocycles. The third-order valence-electron chi connectivity index (χ3n) is 3.63. The molecule has 0 aliphatic rings. The van der Waals surface area contributed by atoms with Crippen LogP contribution in [-0.4, -0.2) is 43.3 Å². The van der Waals surface area contributed by atoms with Crippen LogP contribution in [0.3, 0.4) is 0 Å². The molecule has 0 heterocycles. The highest BCUT2D eigenvalue weighted by atomic mass is 16.6. The fourth-order valence-electron chi connectivity index (χ4n) is 1.96. The van der Waals surface area contributed by atoms with Crippen molar-refractivity contribution in [2.75, 3.05) is 20.3 Å². The normalized spacial score (nSPS) is 11.8. The summed E-state index contributed by atoms with van der Waals surface area (Å²) in [5.41, 5.74) is 0. The van der Waals surface area contributed by atoms with E-state index in [1.807, 2.05) is 6.92 Å². The minimum absolute atomic E-state index is 0.364. The van der Waals surface area contributed by atoms with Gasteiger partial charge in [-0.1, -0.05) is 52.4 Å². The van der Waals surface area contributed by atoms with Crippen molar-refractivity contribution in [2.45, 2.75) is 78.2 Å². The topological polar surface area (TPSA) is 55.8 Å². The van der Waals surface area contributed by atoms with Crippen molar-refractivity contribution in [2.24, 2.45) is 0 Å². The lowest BCUT2D eigenvalue weighted by Gasteiger charge is -2.22. The van der Waals surface area contributed by atoms with Crippen LogP contribution in [0, 0.1) is 0 Å². The van der Waals surface area contributed by atoms with Crippen molar-refractivity contribution in [3.05, 3.63) is 0 Å². The van der Waals surface area contributed by atoms with E-state index in [1.54, 1.807) is 14.0 Å². The molecule has 130 valence electrons. The van der Waals surface area contributed by atoms with E-state index in [2.05, 4.69) is 6.92 Å². The second kappa shape index (κ2) is 13.4. The Balaban J connectivity index is 3.75. The summed E-state index contributed by atoms with van der Waals surface area (Å²) in [6, 6.07) is -0.617. The van der Waals surface area contributed by atoms with Crippen LogP contribution in [-0.2, 0) is 14.3 Å². The van der Waals surface area contributed by atoms with Crippen LogP contribution in [0.1, 0.15) is 72.1 Å². The fraction of sp³-hybridized carbons (Fsp3) is 0.882. The van der Waals surface area contributed by atoms with Gasteiger partial charge in [-0.2, -0.15) is 0 Å². The molecule has 0 aromatic heterocycles. The molecule has 0 N–H and O–H groups in total. The number of amides is 1. The van der Waals surface area contributed by atoms with Gasteiger partial charge < -0.3 is 9.47 Å². The number of esters is 1. The zero-order valence-electron chi connectivity index (χ0n) is 14.7. The Morgan fingerprint density at radius 3 is 2.05 bits per heavy atom. The molecule has 5 heteroatoms. The molecule has 0 saturated heterocycles. The number of rotatable bonds is 12. The van der Waals surface area contributed by atoms with Gasteiger partial charge in [0.1, 0.15) is 6.04 Å². The summed E-state index contributed by atoms with van der Waals surface area (Å²) < 4.78 is 10.2. The molecule has 22 heavy (non-hydrogen) atoms. The largest absolute Gasteiger partial charge is 0.464 e. The fourth-order valence-corrected chi connectivity index (χ4v) is 1.96. The van der Waals surface area contributed by atoms with E-state index >= 15 is 0 Å². The number of hydrogen-bond acceptors (Lipinski definition) is 4. The highest BCUT2D eigenvalue weighted by Crippen LogP contribution is 2.08. The first-order valence-electron chi connectivity index (χ1n) is 8.60. The molecule has 0 saturated carbocycles. The number of carbonyl (C=O) groups is 2. The van der Waals surface area contributed by atoms with Crippen molar-refractivity contribution in [1.82, 2.24) is 4.90 Å². The zero-order valence-corrected chi connectivity index (χ0v) is 14.7. The minimum atomic E-state index is -0.617. The number of unbranched alkanes of at least 4 members (excludes halogenated alkanes) is 6. The van der Waals surface area contributed by atoms with Crippen LogP contribution in [0.4, 0.5) is 4.79 Å². The van der Waals surface area contributed by atoms with Gasteiger partial charge in [0.25, 0.3) is 0 Å². The van der Waals surface area contributed by atoms with Crippen LogP contribution in [0.25, 0.3) is 0 Å². The molecule has 0 rings (SSSR count). The molecule has 5 nitrogen and oxygen atoms in total. The van der Waals surface area contributed by atoms with E-state index in [9.17, 15) is 9.59 Å². The van der Waals surface area contributed by atoms with E-state index in [-0.39, 0.29) is 5.97 Å². The predicted molar refractivity (Wildman–Crippen MR) is 87.8 cm³/mol. The maximum Gasteiger partial charge on any atom is 0.410 e. The highest BCUT2D eigenvalue weighted by Gasteiger charge is 2.24. The number of likely N-dealkylation sites (N-methyl/N-ethyl adjacent to an activating group) is 1. The van der Waals surface area contributed by atoms with Gasteiger partial charge in [0.2, 0.25) is 0 Å². The maximum atomic E-state index is 11.9. The molecule has 0 fully saturated rings. The van der Waals surface area contributed by atoms with Crippen molar-refractivity contribution < 1.29 is 19.1 Å². The lowest BCUT2D eigenvalue weighted by Crippen LogP contribution is -2.41. The SMILES string of the molecule is CCCCCCCCCOC(=O)C(C)N(C)C(=O)OCCC. The Kier molecular flexibility index (Phi) is 12.6. The van der Waals surface area contributed by atoms with Gasteiger partial charge in [0.05, 0.1) is 13.2 Å². The zero-order chi connectivity index (χ0) is 16.8. The molecule has 0 aliphatic carbocycles. The van der Waals surface area contributed by atoms with E-state index in [0.717, 1.165) is 19.3 Å². The van der Waals surface area contributed by atoms with Gasteiger partial charge in [-0.15, -0.1) is 0 Å². The first-order valence-corrected chi connectivity index (χ1v) is 8.60. The summed E-state index contributed by atoms with van der Waals surface area (Å²) in [5.74, 6) is -0.373. The van der Waals surface area contributed by atoms with Crippen LogP contribution in [0.15, 0.2) is 0 Å². The standard InChI is InChI=1S/C17H33NO4/c1-5-7-8-9-10-11-12-14-21-16(19)15(3)18(4)17(20)22-13-6-2/h15H,5-14H2,1-4H3. The lowest BCUT2D eigenvalue weighted by atomic mass is 10.1. The third kappa shape index (κ3) is 9.64. The predicted octanol–water partition coefficient (Wildman–Crippen LogP) is 4.15. The summed E-state index contributed by atoms with van der Waals surface area (Å²) in [6.07, 6.45) is 8.53. The summed E-state index contributed by atoms with van der Waals surface area (Å²) >= 11 is 0. The molecule has 0 bridgehead atoms. The maximum absolute atomic E-state index is 11.9. The van der Waals surface area contributed by atoms with Crippen molar-refractivity contribution in [3.63, 3.8) is 0 Å². The summed E-state index contributed by atoms with van der Waals surface area (Å²) in [5, 5.41) is 0. The number of carbonyl (C=O) groups excluding carboxylic acids is 2. The molecular formula is C17H33NO4. The first kappa shape index (κ1) is 20.7. The van der Waals surface area contributed by atoms with E-state index in [1.165, 1.54) is 37.0 Å². The van der Waals surface area contributed by atoms with E-state index in [0.29, 0.717) is 13.2 Å². The lowest BCUT2D eigenvalue weighted by molar-refractivity contribution is -0.148. The van der Waals surface area contributed by atoms with Gasteiger partial charge in [-0.25, -0.2) is 9.59 Å². The van der Waals surface area contributed by atoms with Crippen LogP contribution in [0.5, 0.6) is 0 Å². The number of nitrogens with zero attached hydrogens (tertiary/aromatic N) is 1. The van der Waals surface area contributed by atoms with Crippen LogP contribution >= 0.6 is 0 Å². The molecule has 0 spiro atoms. The van der Waals surface area contributed by atoms with Crippen molar-refractivity contribution in [1.29, 1.82) is 0 Å². The Hall–Kier alpha value is -1.26. The molecule has 1 amide bonds. The second-order valence-corrected chi connectivity index (χ2v) is 5.69. The molecule has 0 radical (unpaired) electrons. The van der Waals surface area contributed by atoms with Crippen LogP contribution in [0.2, 0.25) is 0 Å². The molecular weight excluding hydrogens is 282 g/mol. The molecule has 1 atom stereocenters. The molecule has 0 aromatic rings. The quantitative estimate of drug-likeness (QED) is 0.401. The first-order chi connectivity index (χ1) is 10.5. The number of hydrogen-bond donors (Lipinski definition) is 0. The highest BCUT2D eigenvalue weighted by molar-refractivity contribution is 5.80. The van der Waals surface area contributed by atoms with Crippen molar-refractivity contribution >= 4 is 12.1 Å². The Morgan fingerprint density at radius 1 is 0.864 bits per heavy atom.